The number of esters is 1. The first kappa shape index (κ1) is 10.1. The summed E-state index contributed by atoms with van der Waals surface area (Å²) < 4.78 is 4.81. The normalized spacial score (nSPS) is 12.5. The molecule has 0 bridgehead atoms. The topological polar surface area (TPSA) is 65.2 Å². The van der Waals surface area contributed by atoms with E-state index in [-0.39, 0.29) is 12.0 Å². The van der Waals surface area contributed by atoms with E-state index in [1.807, 2.05) is 6.92 Å². The third kappa shape index (κ3) is 2.50. The van der Waals surface area contributed by atoms with Gasteiger partial charge in [-0.15, -0.1) is 11.3 Å². The third-order valence-electron chi connectivity index (χ3n) is 1.39. The first-order chi connectivity index (χ1) is 6.15. The predicted molar refractivity (Wildman–Crippen MR) is 50.7 cm³/mol. The van der Waals surface area contributed by atoms with Crippen LogP contribution in [-0.2, 0) is 4.74 Å². The van der Waals surface area contributed by atoms with E-state index in [0.29, 0.717) is 11.5 Å². The fraction of sp³-hybridized carbons (Fsp3) is 0.500. The quantitative estimate of drug-likeness (QED) is 0.748. The van der Waals surface area contributed by atoms with Gasteiger partial charge in [-0.05, 0) is 13.8 Å². The Morgan fingerprint density at radius 1 is 1.85 bits per heavy atom. The SMILES string of the molecule is CCOC(=O)c1cnc([C@H](C)N)s1. The Morgan fingerprint density at radius 2 is 2.54 bits per heavy atom. The fourth-order valence-corrected chi connectivity index (χ4v) is 1.56. The molecule has 1 rings (SSSR count). The van der Waals surface area contributed by atoms with Crippen LogP contribution < -0.4 is 5.73 Å². The molecule has 0 aliphatic heterocycles. The van der Waals surface area contributed by atoms with E-state index >= 15 is 0 Å². The maximum absolute atomic E-state index is 11.2. The average molecular weight is 200 g/mol. The molecule has 0 unspecified atom stereocenters. The molecular formula is C8H12N2O2S. The first-order valence-corrected chi connectivity index (χ1v) is 4.85. The van der Waals surface area contributed by atoms with Crippen LogP contribution in [0.3, 0.4) is 0 Å². The lowest BCUT2D eigenvalue weighted by atomic mass is 10.4. The molecule has 72 valence electrons. The molecule has 13 heavy (non-hydrogen) atoms. The number of hydrogen-bond acceptors (Lipinski definition) is 5. The Hall–Kier alpha value is -0.940. The van der Waals surface area contributed by atoms with Crippen LogP contribution in [0.25, 0.3) is 0 Å². The van der Waals surface area contributed by atoms with Gasteiger partial charge in [0.1, 0.15) is 9.88 Å². The van der Waals surface area contributed by atoms with Gasteiger partial charge in [0.05, 0.1) is 18.8 Å². The van der Waals surface area contributed by atoms with Gasteiger partial charge in [0, 0.05) is 0 Å². The van der Waals surface area contributed by atoms with Gasteiger partial charge < -0.3 is 10.5 Å². The van der Waals surface area contributed by atoms with E-state index in [2.05, 4.69) is 4.98 Å². The van der Waals surface area contributed by atoms with Crippen LogP contribution in [0, 0.1) is 0 Å². The zero-order valence-corrected chi connectivity index (χ0v) is 8.43. The highest BCUT2D eigenvalue weighted by molar-refractivity contribution is 7.13. The molecule has 0 radical (unpaired) electrons. The number of hydrogen-bond donors (Lipinski definition) is 1. The van der Waals surface area contributed by atoms with Crippen LogP contribution in [0.5, 0.6) is 0 Å². The summed E-state index contributed by atoms with van der Waals surface area (Å²) in [5.41, 5.74) is 5.60. The standard InChI is InChI=1S/C8H12N2O2S/c1-3-12-8(11)6-4-10-7(13-6)5(2)9/h4-5H,3,9H2,1-2H3/t5-/m0/s1. The van der Waals surface area contributed by atoms with Crippen LogP contribution in [0.15, 0.2) is 6.20 Å². The third-order valence-corrected chi connectivity index (χ3v) is 2.57. The Balaban J connectivity index is 2.73. The lowest BCUT2D eigenvalue weighted by Crippen LogP contribution is -2.03. The molecule has 1 heterocycles. The zero-order valence-electron chi connectivity index (χ0n) is 7.61. The summed E-state index contributed by atoms with van der Waals surface area (Å²) in [7, 11) is 0. The molecule has 0 saturated carbocycles. The van der Waals surface area contributed by atoms with Gasteiger partial charge in [-0.3, -0.25) is 0 Å². The van der Waals surface area contributed by atoms with E-state index in [1.54, 1.807) is 6.92 Å². The van der Waals surface area contributed by atoms with Crippen molar-refractivity contribution in [3.63, 3.8) is 0 Å². The highest BCUT2D eigenvalue weighted by atomic mass is 32.1. The number of carbonyl (C=O) groups is 1. The monoisotopic (exact) mass is 200 g/mol. The molecule has 0 aromatic carbocycles. The van der Waals surface area contributed by atoms with Gasteiger partial charge in [-0.2, -0.15) is 0 Å². The largest absolute Gasteiger partial charge is 0.462 e. The maximum Gasteiger partial charge on any atom is 0.349 e. The summed E-state index contributed by atoms with van der Waals surface area (Å²) in [6.45, 7) is 3.98. The minimum atomic E-state index is -0.327. The summed E-state index contributed by atoms with van der Waals surface area (Å²) in [5, 5.41) is 0.753. The minimum Gasteiger partial charge on any atom is -0.462 e. The second-order valence-corrected chi connectivity index (χ2v) is 3.63. The van der Waals surface area contributed by atoms with Gasteiger partial charge in [-0.25, -0.2) is 9.78 Å². The molecule has 0 fully saturated rings. The fourth-order valence-electron chi connectivity index (χ4n) is 0.795. The summed E-state index contributed by atoms with van der Waals surface area (Å²) >= 11 is 1.28. The number of nitrogens with zero attached hydrogens (tertiary/aromatic N) is 1. The van der Waals surface area contributed by atoms with E-state index in [0.717, 1.165) is 5.01 Å². The highest BCUT2D eigenvalue weighted by Crippen LogP contribution is 2.18. The summed E-state index contributed by atoms with van der Waals surface area (Å²) in [6, 6.07) is -0.131. The summed E-state index contributed by atoms with van der Waals surface area (Å²) in [6.07, 6.45) is 1.50. The molecule has 0 saturated heterocycles. The van der Waals surface area contributed by atoms with E-state index in [4.69, 9.17) is 10.5 Å². The molecule has 4 nitrogen and oxygen atoms in total. The smallest absolute Gasteiger partial charge is 0.349 e. The van der Waals surface area contributed by atoms with Crippen molar-refractivity contribution in [1.29, 1.82) is 0 Å². The molecule has 1 atom stereocenters. The molecule has 0 aliphatic rings. The predicted octanol–water partition coefficient (Wildman–Crippen LogP) is 1.34. The van der Waals surface area contributed by atoms with Gasteiger partial charge in [0.15, 0.2) is 0 Å². The van der Waals surface area contributed by atoms with Crippen LogP contribution >= 0.6 is 11.3 Å². The van der Waals surface area contributed by atoms with Crippen molar-refractivity contribution in [3.05, 3.63) is 16.1 Å². The lowest BCUT2D eigenvalue weighted by Gasteiger charge is -1.97. The van der Waals surface area contributed by atoms with Crippen LogP contribution in [0.2, 0.25) is 0 Å². The van der Waals surface area contributed by atoms with Gasteiger partial charge in [0.2, 0.25) is 0 Å². The Morgan fingerprint density at radius 3 is 3.00 bits per heavy atom. The summed E-state index contributed by atoms with van der Waals surface area (Å²) in [4.78, 5) is 15.7. The minimum absolute atomic E-state index is 0.131. The molecule has 0 amide bonds. The van der Waals surface area contributed by atoms with Gasteiger partial charge in [-0.1, -0.05) is 0 Å². The van der Waals surface area contributed by atoms with Crippen molar-refractivity contribution in [2.45, 2.75) is 19.9 Å². The van der Waals surface area contributed by atoms with Crippen molar-refractivity contribution < 1.29 is 9.53 Å². The van der Waals surface area contributed by atoms with Crippen molar-refractivity contribution >= 4 is 17.3 Å². The number of thiazole rings is 1. The molecule has 5 heteroatoms. The Labute approximate surface area is 80.7 Å². The molecule has 1 aromatic heterocycles. The number of rotatable bonds is 3. The maximum atomic E-state index is 11.2. The highest BCUT2D eigenvalue weighted by Gasteiger charge is 2.12. The van der Waals surface area contributed by atoms with Gasteiger partial charge in [0.25, 0.3) is 0 Å². The Bertz CT molecular complexity index is 296. The first-order valence-electron chi connectivity index (χ1n) is 4.03. The number of ether oxygens (including phenoxy) is 1. The number of nitrogens with two attached hydrogens (primary N) is 1. The molecular weight excluding hydrogens is 188 g/mol. The van der Waals surface area contributed by atoms with Crippen molar-refractivity contribution in [2.75, 3.05) is 6.61 Å². The Kier molecular flexibility index (Phi) is 3.39. The van der Waals surface area contributed by atoms with Crippen LogP contribution in [0.4, 0.5) is 0 Å². The summed E-state index contributed by atoms with van der Waals surface area (Å²) in [5.74, 6) is -0.327. The van der Waals surface area contributed by atoms with Crippen LogP contribution in [0.1, 0.15) is 34.6 Å². The average Bonchev–Trinajstić information content (AvgIpc) is 2.52. The molecule has 1 aromatic rings. The second-order valence-electron chi connectivity index (χ2n) is 2.57. The molecule has 0 aliphatic carbocycles. The van der Waals surface area contributed by atoms with E-state index < -0.39 is 0 Å². The molecule has 0 spiro atoms. The zero-order chi connectivity index (χ0) is 9.84. The molecule has 2 N–H and O–H groups in total. The number of aromatic nitrogens is 1. The number of carbonyl (C=O) groups excluding carboxylic acids is 1. The van der Waals surface area contributed by atoms with Crippen molar-refractivity contribution in [3.8, 4) is 0 Å². The van der Waals surface area contributed by atoms with Crippen molar-refractivity contribution in [2.24, 2.45) is 5.73 Å². The lowest BCUT2D eigenvalue weighted by molar-refractivity contribution is 0.0532. The van der Waals surface area contributed by atoms with Crippen LogP contribution in [-0.4, -0.2) is 17.6 Å². The van der Waals surface area contributed by atoms with E-state index in [9.17, 15) is 4.79 Å². The van der Waals surface area contributed by atoms with Gasteiger partial charge >= 0.3 is 5.97 Å². The second kappa shape index (κ2) is 4.34. The van der Waals surface area contributed by atoms with E-state index in [1.165, 1.54) is 17.5 Å². The van der Waals surface area contributed by atoms with Crippen molar-refractivity contribution in [1.82, 2.24) is 4.98 Å².